The van der Waals surface area contributed by atoms with Crippen molar-refractivity contribution in [2.45, 2.75) is 26.6 Å². The van der Waals surface area contributed by atoms with Gasteiger partial charge in [-0.3, -0.25) is 0 Å². The van der Waals surface area contributed by atoms with Crippen molar-refractivity contribution in [2.24, 2.45) is 0 Å². The number of aliphatic hydroxyl groups excluding tert-OH is 1. The fraction of sp³-hybridized carbons (Fsp3) is 0.308. The highest BCUT2D eigenvalue weighted by atomic mass is 16.8. The molecule has 1 N–H and O–H groups in total. The molecule has 0 spiro atoms. The van der Waals surface area contributed by atoms with Gasteiger partial charge in [-0.1, -0.05) is 19.6 Å². The highest BCUT2D eigenvalue weighted by Gasteiger charge is 2.14. The lowest BCUT2D eigenvalue weighted by Gasteiger charge is -2.07. The van der Waals surface area contributed by atoms with Crippen molar-refractivity contribution >= 4 is 17.0 Å². The molecular formula is C13H15N3O4. The lowest BCUT2D eigenvalue weighted by Crippen LogP contribution is -2.25. The summed E-state index contributed by atoms with van der Waals surface area (Å²) in [7, 11) is 0. The minimum atomic E-state index is -1.00. The van der Waals surface area contributed by atoms with E-state index >= 15 is 0 Å². The summed E-state index contributed by atoms with van der Waals surface area (Å²) >= 11 is 0. The summed E-state index contributed by atoms with van der Waals surface area (Å²) in [4.78, 5) is 17.5. The third-order valence-electron chi connectivity index (χ3n) is 2.47. The summed E-state index contributed by atoms with van der Waals surface area (Å²) < 4.78 is 5.16. The number of fused-ring (bicyclic) bond motifs is 1. The third kappa shape index (κ3) is 2.94. The van der Waals surface area contributed by atoms with Crippen LogP contribution in [0, 0.1) is 0 Å². The van der Waals surface area contributed by atoms with E-state index in [9.17, 15) is 9.90 Å². The van der Waals surface area contributed by atoms with Gasteiger partial charge in [0.05, 0.1) is 0 Å². The van der Waals surface area contributed by atoms with Crippen LogP contribution in [0.4, 0.5) is 0 Å². The van der Waals surface area contributed by atoms with Crippen LogP contribution in [-0.2, 0) is 4.79 Å². The van der Waals surface area contributed by atoms with Crippen molar-refractivity contribution in [3.05, 3.63) is 30.4 Å². The van der Waals surface area contributed by atoms with Crippen LogP contribution in [0.1, 0.15) is 20.3 Å². The molecule has 2 aromatic rings. The molecule has 2 rings (SSSR count). The van der Waals surface area contributed by atoms with Crippen LogP contribution < -0.4 is 9.57 Å². The molecule has 0 fully saturated rings. The van der Waals surface area contributed by atoms with Crippen LogP contribution in [0.15, 0.2) is 30.4 Å². The molecular weight excluding hydrogens is 262 g/mol. The molecule has 1 aromatic carbocycles. The molecule has 0 aliphatic carbocycles. The minimum absolute atomic E-state index is 0.260. The van der Waals surface area contributed by atoms with E-state index in [4.69, 9.17) is 9.57 Å². The van der Waals surface area contributed by atoms with Gasteiger partial charge in [-0.15, -0.1) is 10.2 Å². The third-order valence-corrected chi connectivity index (χ3v) is 2.47. The number of ether oxygens (including phenoxy) is 1. The first-order chi connectivity index (χ1) is 9.51. The largest absolute Gasteiger partial charge is 0.421 e. The number of hydrogen-bond acceptors (Lipinski definition) is 6. The van der Waals surface area contributed by atoms with Crippen molar-refractivity contribution in [3.63, 3.8) is 0 Å². The topological polar surface area (TPSA) is 86.5 Å². The number of carbonyl (C=O) groups is 1. The second-order valence-electron chi connectivity index (χ2n) is 4.21. The number of benzene rings is 1. The maximum Gasteiger partial charge on any atom is 0.338 e. The summed E-state index contributed by atoms with van der Waals surface area (Å²) in [6.07, 6.45) is -0.603. The highest BCUT2D eigenvalue weighted by molar-refractivity contribution is 5.91. The average Bonchev–Trinajstić information content (AvgIpc) is 2.81. The first-order valence-electron chi connectivity index (χ1n) is 6.10. The first kappa shape index (κ1) is 14.0. The van der Waals surface area contributed by atoms with Crippen LogP contribution in [0.5, 0.6) is 5.75 Å². The van der Waals surface area contributed by atoms with Crippen LogP contribution in [0.2, 0.25) is 0 Å². The van der Waals surface area contributed by atoms with E-state index in [1.165, 1.54) is 0 Å². The monoisotopic (exact) mass is 277 g/mol. The van der Waals surface area contributed by atoms with Gasteiger partial charge in [0.15, 0.2) is 11.3 Å². The summed E-state index contributed by atoms with van der Waals surface area (Å²) in [6.45, 7) is 6.83. The van der Waals surface area contributed by atoms with Gasteiger partial charge in [0.1, 0.15) is 5.52 Å². The van der Waals surface area contributed by atoms with E-state index < -0.39 is 12.3 Å². The predicted molar refractivity (Wildman–Crippen MR) is 70.9 cm³/mol. The van der Waals surface area contributed by atoms with E-state index in [2.05, 4.69) is 16.8 Å². The average molecular weight is 277 g/mol. The molecule has 0 bridgehead atoms. The number of aromatic nitrogens is 3. The second kappa shape index (κ2) is 5.70. The lowest BCUT2D eigenvalue weighted by molar-refractivity contribution is -0.130. The quantitative estimate of drug-likeness (QED) is 0.381. The second-order valence-corrected chi connectivity index (χ2v) is 4.21. The Kier molecular flexibility index (Phi) is 3.99. The fourth-order valence-electron chi connectivity index (χ4n) is 1.39. The Hall–Kier alpha value is -2.41. The van der Waals surface area contributed by atoms with Crippen molar-refractivity contribution in [2.75, 3.05) is 0 Å². The van der Waals surface area contributed by atoms with Gasteiger partial charge in [-0.05, 0) is 24.0 Å². The Morgan fingerprint density at radius 3 is 2.90 bits per heavy atom. The van der Waals surface area contributed by atoms with Crippen LogP contribution in [0.3, 0.4) is 0 Å². The van der Waals surface area contributed by atoms with Gasteiger partial charge in [-0.25, -0.2) is 4.79 Å². The Morgan fingerprint density at radius 2 is 2.25 bits per heavy atom. The van der Waals surface area contributed by atoms with Gasteiger partial charge < -0.3 is 14.7 Å². The minimum Gasteiger partial charge on any atom is -0.421 e. The maximum absolute atomic E-state index is 11.5. The zero-order valence-corrected chi connectivity index (χ0v) is 11.2. The molecule has 0 radical (unpaired) electrons. The molecule has 0 saturated heterocycles. The highest BCUT2D eigenvalue weighted by Crippen LogP contribution is 2.22. The molecule has 0 aliphatic heterocycles. The Balaban J connectivity index is 2.32. The Morgan fingerprint density at radius 1 is 1.50 bits per heavy atom. The predicted octanol–water partition coefficient (Wildman–Crippen LogP) is 1.07. The Bertz CT molecular complexity index is 650. The van der Waals surface area contributed by atoms with Gasteiger partial charge in [0, 0.05) is 12.0 Å². The molecule has 0 aliphatic rings. The van der Waals surface area contributed by atoms with E-state index in [0.717, 1.165) is 4.96 Å². The molecule has 20 heavy (non-hydrogen) atoms. The number of hydrogen-bond donors (Lipinski definition) is 1. The summed E-state index contributed by atoms with van der Waals surface area (Å²) in [5, 5.41) is 17.5. The molecule has 106 valence electrons. The zero-order chi connectivity index (χ0) is 14.7. The standard InChI is InChI=1S/C13H15N3O4/c1-4-11(17)20-16-14-9-6-5-7-10(12(9)15-16)19-13(18)8(2)3/h5-7,11,17H,2,4H2,1,3H3. The normalized spacial score (nSPS) is 12.2. The summed E-state index contributed by atoms with van der Waals surface area (Å²) in [6, 6.07) is 4.97. The van der Waals surface area contributed by atoms with Crippen LogP contribution in [0.25, 0.3) is 11.0 Å². The van der Waals surface area contributed by atoms with E-state index in [0.29, 0.717) is 17.5 Å². The number of nitrogens with zero attached hydrogens (tertiary/aromatic N) is 3. The zero-order valence-electron chi connectivity index (χ0n) is 11.2. The van der Waals surface area contributed by atoms with Crippen molar-refractivity contribution in [1.29, 1.82) is 0 Å². The van der Waals surface area contributed by atoms with E-state index in [1.54, 1.807) is 32.0 Å². The smallest absolute Gasteiger partial charge is 0.338 e. The maximum atomic E-state index is 11.5. The number of aliphatic hydroxyl groups is 1. The van der Waals surface area contributed by atoms with Crippen molar-refractivity contribution in [3.8, 4) is 5.75 Å². The number of esters is 1. The molecule has 0 amide bonds. The number of carbonyl (C=O) groups excluding carboxylic acids is 1. The Labute approximate surface area is 115 Å². The van der Waals surface area contributed by atoms with Gasteiger partial charge in [0.2, 0.25) is 6.29 Å². The SMILES string of the molecule is C=C(C)C(=O)Oc1cccc2nn(OC(O)CC)nc12. The number of rotatable bonds is 5. The molecule has 1 heterocycles. The molecule has 1 unspecified atom stereocenters. The van der Waals surface area contributed by atoms with Crippen LogP contribution in [-0.4, -0.2) is 32.5 Å². The van der Waals surface area contributed by atoms with Crippen LogP contribution >= 0.6 is 0 Å². The van der Waals surface area contributed by atoms with Crippen molar-refractivity contribution in [1.82, 2.24) is 15.2 Å². The fourth-order valence-corrected chi connectivity index (χ4v) is 1.39. The molecule has 1 atom stereocenters. The van der Waals surface area contributed by atoms with E-state index in [1.807, 2.05) is 0 Å². The molecule has 7 heteroatoms. The van der Waals surface area contributed by atoms with Gasteiger partial charge in [-0.2, -0.15) is 0 Å². The lowest BCUT2D eigenvalue weighted by atomic mass is 10.3. The van der Waals surface area contributed by atoms with Crippen molar-refractivity contribution < 1.29 is 19.5 Å². The molecule has 0 saturated carbocycles. The van der Waals surface area contributed by atoms with Gasteiger partial charge >= 0.3 is 5.97 Å². The van der Waals surface area contributed by atoms with Gasteiger partial charge in [0.25, 0.3) is 0 Å². The first-order valence-corrected chi connectivity index (χ1v) is 6.10. The molecule has 1 aromatic heterocycles. The summed E-state index contributed by atoms with van der Waals surface area (Å²) in [5.41, 5.74) is 1.14. The van der Waals surface area contributed by atoms with E-state index in [-0.39, 0.29) is 11.3 Å². The summed E-state index contributed by atoms with van der Waals surface area (Å²) in [5.74, 6) is -0.280. The molecule has 7 nitrogen and oxygen atoms in total.